The second-order valence-corrected chi connectivity index (χ2v) is 1.80. The molecule has 0 aromatic carbocycles. The summed E-state index contributed by atoms with van der Waals surface area (Å²) in [4.78, 5) is 29.3. The van der Waals surface area contributed by atoms with Crippen LogP contribution < -0.4 is 0 Å². The van der Waals surface area contributed by atoms with Crippen molar-refractivity contribution in [3.63, 3.8) is 0 Å². The van der Waals surface area contributed by atoms with Crippen molar-refractivity contribution in [2.45, 2.75) is 0 Å². The number of rotatable bonds is 0. The Hall–Kier alpha value is 1.75. The molecule has 34 valence electrons. The third-order valence-corrected chi connectivity index (χ3v) is 0. The topological polar surface area (TPSA) is 80.9 Å². The van der Waals surface area contributed by atoms with Crippen LogP contribution in [-0.4, -0.2) is 66.0 Å². The normalized spacial score (nSPS) is 8.57. The summed E-state index contributed by atoms with van der Waals surface area (Å²) >= 11 is 0. The standard InChI is InChI=1S/Ca.H4O4Si.P/c;1-5(2,3)4;/h;1-4H;/q+2;;+3. The summed E-state index contributed by atoms with van der Waals surface area (Å²) < 4.78 is 0. The fourth-order valence-corrected chi connectivity index (χ4v) is 0. The molecule has 0 amide bonds. The van der Waals surface area contributed by atoms with Crippen LogP contribution in [0.5, 0.6) is 0 Å². The van der Waals surface area contributed by atoms with E-state index in [-0.39, 0.29) is 47.6 Å². The van der Waals surface area contributed by atoms with Crippen molar-refractivity contribution in [2.75, 3.05) is 0 Å². The summed E-state index contributed by atoms with van der Waals surface area (Å²) in [5, 5.41) is 0. The third-order valence-electron chi connectivity index (χ3n) is 0. The molecule has 2 radical (unpaired) electrons. The Kier molecular flexibility index (Phi) is 13.3. The van der Waals surface area contributed by atoms with Gasteiger partial charge in [-0.15, -0.1) is 0 Å². The molecule has 0 unspecified atom stereocenters. The molecular weight excluding hydrogens is 163 g/mol. The van der Waals surface area contributed by atoms with Crippen molar-refractivity contribution in [3.05, 3.63) is 0 Å². The maximum atomic E-state index is 7.33. The molecule has 7 heteroatoms. The van der Waals surface area contributed by atoms with Crippen molar-refractivity contribution in [2.24, 2.45) is 0 Å². The van der Waals surface area contributed by atoms with Crippen LogP contribution in [0, 0.1) is 0 Å². The molecule has 0 aliphatic carbocycles. The average molecular weight is 167 g/mol. The van der Waals surface area contributed by atoms with Gasteiger partial charge >= 0.3 is 56.7 Å². The Morgan fingerprint density at radius 1 is 0.857 bits per heavy atom. The van der Waals surface area contributed by atoms with Gasteiger partial charge in [-0.2, -0.15) is 0 Å². The van der Waals surface area contributed by atoms with Crippen LogP contribution in [0.1, 0.15) is 0 Å². The molecule has 0 aliphatic heterocycles. The minimum Gasteiger partial charge on any atom is -0.368 e. The zero-order valence-electron chi connectivity index (χ0n) is 3.44. The Balaban J connectivity index is -0.0000000800. The van der Waals surface area contributed by atoms with Crippen LogP contribution in [0.4, 0.5) is 0 Å². The van der Waals surface area contributed by atoms with Gasteiger partial charge in [0.1, 0.15) is 0 Å². The first-order valence-corrected chi connectivity index (χ1v) is 2.68. The maximum Gasteiger partial charge on any atom is 3.00 e. The van der Waals surface area contributed by atoms with E-state index in [1.807, 2.05) is 0 Å². The van der Waals surface area contributed by atoms with E-state index >= 15 is 0 Å². The Morgan fingerprint density at radius 2 is 0.857 bits per heavy atom. The van der Waals surface area contributed by atoms with Gasteiger partial charge in [-0.3, -0.25) is 0 Å². The van der Waals surface area contributed by atoms with Gasteiger partial charge in [0.25, 0.3) is 0 Å². The molecule has 7 heavy (non-hydrogen) atoms. The zero-order chi connectivity index (χ0) is 4.50. The average Bonchev–Trinajstić information content (AvgIpc) is 0.722. The van der Waals surface area contributed by atoms with E-state index in [0.717, 1.165) is 0 Å². The Labute approximate surface area is 75.3 Å². The van der Waals surface area contributed by atoms with E-state index in [0.29, 0.717) is 0 Å². The van der Waals surface area contributed by atoms with E-state index in [9.17, 15) is 0 Å². The quantitative estimate of drug-likeness (QED) is 0.245. The molecular formula is H4CaO4PSi+5. The Morgan fingerprint density at radius 3 is 0.857 bits per heavy atom. The largest absolute Gasteiger partial charge is 3.00 e. The Bertz CT molecular complexity index is 27.2. The van der Waals surface area contributed by atoms with Crippen LogP contribution in [0.25, 0.3) is 0 Å². The molecule has 0 atom stereocenters. The second-order valence-electron chi connectivity index (χ2n) is 0.600. The zero-order valence-corrected chi connectivity index (χ0v) is 7.55. The summed E-state index contributed by atoms with van der Waals surface area (Å²) in [7, 11) is -4.61. The SMILES string of the molecule is O[Si](O)(O)O.[Ca+2].[P+3]. The monoisotopic (exact) mass is 167 g/mol. The third kappa shape index (κ3) is 83.9. The fourth-order valence-electron chi connectivity index (χ4n) is 0. The van der Waals surface area contributed by atoms with E-state index in [1.165, 1.54) is 0 Å². The van der Waals surface area contributed by atoms with Gasteiger partial charge in [0, 0.05) is 0 Å². The molecule has 0 bridgehead atoms. The molecule has 0 spiro atoms. The van der Waals surface area contributed by atoms with Crippen LogP contribution in [0.3, 0.4) is 0 Å². The van der Waals surface area contributed by atoms with Gasteiger partial charge in [0.05, 0.1) is 0 Å². The van der Waals surface area contributed by atoms with Crippen LogP contribution >= 0.6 is 9.90 Å². The molecule has 0 saturated heterocycles. The van der Waals surface area contributed by atoms with Gasteiger partial charge in [-0.05, 0) is 0 Å². The first kappa shape index (κ1) is 15.9. The maximum absolute atomic E-state index is 7.33. The minimum absolute atomic E-state index is 0. The van der Waals surface area contributed by atoms with Gasteiger partial charge in [0.15, 0.2) is 0 Å². The molecule has 0 heterocycles. The summed E-state index contributed by atoms with van der Waals surface area (Å²) in [6.45, 7) is 0. The molecule has 4 N–H and O–H groups in total. The summed E-state index contributed by atoms with van der Waals surface area (Å²) in [6.07, 6.45) is 0. The van der Waals surface area contributed by atoms with Crippen molar-refractivity contribution in [3.8, 4) is 0 Å². The smallest absolute Gasteiger partial charge is 0.368 e. The van der Waals surface area contributed by atoms with Crippen molar-refractivity contribution >= 4 is 56.7 Å². The van der Waals surface area contributed by atoms with Crippen molar-refractivity contribution < 1.29 is 19.2 Å². The number of hydrogen-bond donors (Lipinski definition) is 4. The first-order chi connectivity index (χ1) is 2.00. The van der Waals surface area contributed by atoms with Gasteiger partial charge in [0.2, 0.25) is 0 Å². The predicted molar refractivity (Wildman–Crippen MR) is 27.3 cm³/mol. The summed E-state index contributed by atoms with van der Waals surface area (Å²) in [5.41, 5.74) is 0. The van der Waals surface area contributed by atoms with Crippen molar-refractivity contribution in [1.29, 1.82) is 0 Å². The summed E-state index contributed by atoms with van der Waals surface area (Å²) in [5.74, 6) is 0. The fraction of sp³-hybridized carbons (Fsp3) is 0. The van der Waals surface area contributed by atoms with E-state index in [4.69, 9.17) is 19.2 Å². The van der Waals surface area contributed by atoms with Crippen LogP contribution in [-0.2, 0) is 0 Å². The molecule has 0 fully saturated rings. The van der Waals surface area contributed by atoms with Gasteiger partial charge < -0.3 is 19.2 Å². The number of hydrogen-bond acceptors (Lipinski definition) is 4. The van der Waals surface area contributed by atoms with Crippen LogP contribution in [0.15, 0.2) is 0 Å². The van der Waals surface area contributed by atoms with Crippen molar-refractivity contribution in [1.82, 2.24) is 0 Å². The van der Waals surface area contributed by atoms with Gasteiger partial charge in [-0.25, -0.2) is 0 Å². The molecule has 0 aromatic rings. The van der Waals surface area contributed by atoms with E-state index < -0.39 is 9.05 Å². The first-order valence-electron chi connectivity index (χ1n) is 0.894. The second kappa shape index (κ2) is 5.88. The predicted octanol–water partition coefficient (Wildman–Crippen LogP) is -2.13. The minimum atomic E-state index is -4.61. The molecule has 0 rings (SSSR count). The van der Waals surface area contributed by atoms with E-state index in [2.05, 4.69) is 0 Å². The molecule has 0 aromatic heterocycles. The molecule has 0 aliphatic rings. The van der Waals surface area contributed by atoms with Crippen LogP contribution in [0.2, 0.25) is 0 Å². The molecule has 4 nitrogen and oxygen atoms in total. The van der Waals surface area contributed by atoms with E-state index in [1.54, 1.807) is 0 Å². The summed E-state index contributed by atoms with van der Waals surface area (Å²) in [6, 6.07) is 0. The molecule has 0 saturated carbocycles. The van der Waals surface area contributed by atoms with Gasteiger partial charge in [-0.1, -0.05) is 0 Å².